The number of benzene rings is 1. The molecular weight excluding hydrogens is 340 g/mol. The second-order valence-electron chi connectivity index (χ2n) is 6.83. The van der Waals surface area contributed by atoms with Crippen molar-refractivity contribution in [1.82, 2.24) is 9.96 Å². The first-order valence-electron chi connectivity index (χ1n) is 8.48. The minimum Gasteiger partial charge on any atom is -0.498 e. The Kier molecular flexibility index (Phi) is 4.84. The maximum atomic E-state index is 13.2. The van der Waals surface area contributed by atoms with Crippen LogP contribution in [0.5, 0.6) is 0 Å². The largest absolute Gasteiger partial charge is 0.498 e. The molecule has 0 aromatic heterocycles. The highest BCUT2D eigenvalue weighted by Gasteiger charge is 2.53. The quantitative estimate of drug-likeness (QED) is 0.826. The van der Waals surface area contributed by atoms with Gasteiger partial charge in [-0.15, -0.1) is 0 Å². The summed E-state index contributed by atoms with van der Waals surface area (Å²) >= 11 is 6.18. The van der Waals surface area contributed by atoms with Crippen molar-refractivity contribution in [2.75, 3.05) is 34.4 Å². The van der Waals surface area contributed by atoms with E-state index in [1.807, 2.05) is 43.0 Å². The van der Waals surface area contributed by atoms with E-state index in [2.05, 4.69) is 0 Å². The number of carbonyl (C=O) groups is 1. The topological polar surface area (TPSA) is 42.0 Å². The third-order valence-corrected chi connectivity index (χ3v) is 5.79. The molecule has 5 nitrogen and oxygen atoms in total. The van der Waals surface area contributed by atoms with Gasteiger partial charge in [-0.3, -0.25) is 4.79 Å². The van der Waals surface area contributed by atoms with Crippen molar-refractivity contribution in [3.05, 3.63) is 39.6 Å². The van der Waals surface area contributed by atoms with Crippen LogP contribution in [0.3, 0.4) is 0 Å². The molecule has 1 amide bonds. The van der Waals surface area contributed by atoms with Gasteiger partial charge in [0, 0.05) is 25.2 Å². The number of nitrogens with zero attached hydrogens (tertiary/aromatic N) is 2. The van der Waals surface area contributed by atoms with E-state index in [0.717, 1.165) is 48.4 Å². The average molecular weight is 365 g/mol. The molecule has 2 aliphatic heterocycles. The normalized spacial score (nSPS) is 20.7. The number of hydroxylamine groups is 2. The Balaban J connectivity index is 2.15. The minimum atomic E-state index is -0.408. The molecule has 0 unspecified atom stereocenters. The molecule has 3 rings (SSSR count). The monoisotopic (exact) mass is 364 g/mol. The van der Waals surface area contributed by atoms with Crippen molar-refractivity contribution < 1.29 is 14.4 Å². The minimum absolute atomic E-state index is 0.0104. The van der Waals surface area contributed by atoms with Gasteiger partial charge in [0.1, 0.15) is 11.3 Å². The summed E-state index contributed by atoms with van der Waals surface area (Å²) in [5, 5.41) is 2.61. The third kappa shape index (κ3) is 2.75. The molecule has 136 valence electrons. The first kappa shape index (κ1) is 18.2. The van der Waals surface area contributed by atoms with Crippen molar-refractivity contribution in [2.24, 2.45) is 0 Å². The Labute approximate surface area is 154 Å². The molecule has 1 aromatic rings. The van der Waals surface area contributed by atoms with Gasteiger partial charge in [0.2, 0.25) is 0 Å². The maximum Gasteiger partial charge on any atom is 0.258 e. The molecule has 2 aliphatic rings. The zero-order chi connectivity index (χ0) is 18.4. The highest BCUT2D eigenvalue weighted by molar-refractivity contribution is 6.31. The maximum absolute atomic E-state index is 13.2. The van der Waals surface area contributed by atoms with Gasteiger partial charge in [-0.2, -0.15) is 5.06 Å². The van der Waals surface area contributed by atoms with E-state index in [9.17, 15) is 4.79 Å². The molecule has 6 heteroatoms. The standard InChI is InChI=1S/C19H25ClN2O3/c1-12-10-14(20)11-13(2)15(12)16-17(24-4)19(21(3)18(16)23)6-8-22(25-5)9-7-19/h10-11H,6-9H2,1-5H3. The summed E-state index contributed by atoms with van der Waals surface area (Å²) in [5.74, 6) is 0.778. The number of carbonyl (C=O) groups excluding carboxylic acids is 1. The van der Waals surface area contributed by atoms with Gasteiger partial charge in [0.25, 0.3) is 5.91 Å². The van der Waals surface area contributed by atoms with Gasteiger partial charge in [-0.05, 0) is 55.5 Å². The van der Waals surface area contributed by atoms with Crippen LogP contribution in [0.15, 0.2) is 17.9 Å². The van der Waals surface area contributed by atoms with Crippen LogP contribution in [0.2, 0.25) is 5.02 Å². The lowest BCUT2D eigenvalue weighted by atomic mass is 9.84. The number of piperidine rings is 1. The Bertz CT molecular complexity index is 713. The summed E-state index contributed by atoms with van der Waals surface area (Å²) < 4.78 is 5.85. The number of hydrogen-bond acceptors (Lipinski definition) is 4. The second-order valence-corrected chi connectivity index (χ2v) is 7.27. The number of halogens is 1. The fourth-order valence-electron chi connectivity index (χ4n) is 4.26. The first-order chi connectivity index (χ1) is 11.9. The van der Waals surface area contributed by atoms with E-state index < -0.39 is 5.54 Å². The van der Waals surface area contributed by atoms with Crippen LogP contribution < -0.4 is 0 Å². The van der Waals surface area contributed by atoms with Gasteiger partial charge < -0.3 is 14.5 Å². The molecule has 0 aliphatic carbocycles. The van der Waals surface area contributed by atoms with Gasteiger partial charge in [-0.25, -0.2) is 0 Å². The smallest absolute Gasteiger partial charge is 0.258 e. The highest BCUT2D eigenvalue weighted by atomic mass is 35.5. The molecule has 0 N–H and O–H groups in total. The molecule has 1 saturated heterocycles. The predicted octanol–water partition coefficient (Wildman–Crippen LogP) is 3.18. The summed E-state index contributed by atoms with van der Waals surface area (Å²) in [6, 6.07) is 3.80. The van der Waals surface area contributed by atoms with Crippen LogP contribution in [-0.2, 0) is 14.4 Å². The van der Waals surface area contributed by atoms with Crippen molar-refractivity contribution in [1.29, 1.82) is 0 Å². The van der Waals surface area contributed by atoms with Crippen molar-refractivity contribution in [3.8, 4) is 0 Å². The van der Waals surface area contributed by atoms with E-state index in [-0.39, 0.29) is 5.91 Å². The number of methoxy groups -OCH3 is 1. The van der Waals surface area contributed by atoms with E-state index in [1.165, 1.54) is 0 Å². The fraction of sp³-hybridized carbons (Fsp3) is 0.526. The second kappa shape index (κ2) is 6.63. The Hall–Kier alpha value is -1.56. The Morgan fingerprint density at radius 3 is 2.16 bits per heavy atom. The number of ether oxygens (including phenoxy) is 1. The first-order valence-corrected chi connectivity index (χ1v) is 8.86. The van der Waals surface area contributed by atoms with Crippen molar-refractivity contribution in [2.45, 2.75) is 32.2 Å². The van der Waals surface area contributed by atoms with Gasteiger partial charge in [0.05, 0.1) is 19.8 Å². The van der Waals surface area contributed by atoms with Crippen LogP contribution in [0.1, 0.15) is 29.5 Å². The lowest BCUT2D eigenvalue weighted by Crippen LogP contribution is -2.53. The molecule has 0 saturated carbocycles. The Morgan fingerprint density at radius 2 is 1.68 bits per heavy atom. The Morgan fingerprint density at radius 1 is 1.12 bits per heavy atom. The highest BCUT2D eigenvalue weighted by Crippen LogP contribution is 2.47. The molecule has 0 radical (unpaired) electrons. The zero-order valence-corrected chi connectivity index (χ0v) is 16.2. The molecule has 1 fully saturated rings. The van der Waals surface area contributed by atoms with Gasteiger partial charge in [0.15, 0.2) is 0 Å². The molecule has 1 spiro atoms. The van der Waals surface area contributed by atoms with E-state index >= 15 is 0 Å². The van der Waals surface area contributed by atoms with Crippen molar-refractivity contribution >= 4 is 23.1 Å². The molecule has 0 bridgehead atoms. The van der Waals surface area contributed by atoms with Crippen LogP contribution >= 0.6 is 11.6 Å². The summed E-state index contributed by atoms with van der Waals surface area (Å²) in [5.41, 5.74) is 3.17. The van der Waals surface area contributed by atoms with Crippen LogP contribution in [-0.4, -0.2) is 55.8 Å². The molecule has 1 aromatic carbocycles. The molecule has 2 heterocycles. The zero-order valence-electron chi connectivity index (χ0n) is 15.5. The summed E-state index contributed by atoms with van der Waals surface area (Å²) in [6.45, 7) is 5.49. The van der Waals surface area contributed by atoms with E-state index in [0.29, 0.717) is 10.6 Å². The summed E-state index contributed by atoms with van der Waals surface area (Å²) in [7, 11) is 5.21. The van der Waals surface area contributed by atoms with E-state index in [4.69, 9.17) is 21.2 Å². The number of rotatable bonds is 3. The molecule has 0 atom stereocenters. The predicted molar refractivity (Wildman–Crippen MR) is 98.2 cm³/mol. The summed E-state index contributed by atoms with van der Waals surface area (Å²) in [4.78, 5) is 20.4. The number of amides is 1. The van der Waals surface area contributed by atoms with Crippen LogP contribution in [0.25, 0.3) is 5.57 Å². The van der Waals surface area contributed by atoms with Crippen LogP contribution in [0.4, 0.5) is 0 Å². The fourth-order valence-corrected chi connectivity index (χ4v) is 4.59. The lowest BCUT2D eigenvalue weighted by Gasteiger charge is -2.43. The van der Waals surface area contributed by atoms with Crippen LogP contribution in [0, 0.1) is 13.8 Å². The van der Waals surface area contributed by atoms with Gasteiger partial charge in [-0.1, -0.05) is 11.6 Å². The lowest BCUT2D eigenvalue weighted by molar-refractivity contribution is -0.162. The SMILES string of the molecule is COC1=C(c2c(C)cc(Cl)cc2C)C(=O)N(C)C12CCN(OC)CC2. The van der Waals surface area contributed by atoms with E-state index in [1.54, 1.807) is 14.2 Å². The third-order valence-electron chi connectivity index (χ3n) is 5.57. The molecule has 25 heavy (non-hydrogen) atoms. The number of hydrogen-bond donors (Lipinski definition) is 0. The number of aryl methyl sites for hydroxylation is 2. The van der Waals surface area contributed by atoms with Crippen molar-refractivity contribution in [3.63, 3.8) is 0 Å². The van der Waals surface area contributed by atoms with Gasteiger partial charge >= 0.3 is 0 Å². The molecular formula is C19H25ClN2O3. The summed E-state index contributed by atoms with van der Waals surface area (Å²) in [6.07, 6.45) is 1.56. The average Bonchev–Trinajstić information content (AvgIpc) is 2.77. The number of likely N-dealkylation sites (N-methyl/N-ethyl adjacent to an activating group) is 1.